The molecule has 5 heteroatoms. The molecule has 1 aliphatic heterocycles. The van der Waals surface area contributed by atoms with E-state index in [9.17, 15) is 8.42 Å². The Kier molecular flexibility index (Phi) is 5.89. The second-order valence-electron chi connectivity index (χ2n) is 6.81. The molecule has 3 rings (SSSR count). The van der Waals surface area contributed by atoms with Gasteiger partial charge in [-0.05, 0) is 36.9 Å². The molecule has 1 aliphatic rings. The number of piperidine rings is 1. The van der Waals surface area contributed by atoms with Gasteiger partial charge in [0, 0.05) is 25.2 Å². The maximum absolute atomic E-state index is 12.8. The molecule has 0 saturated carbocycles. The number of rotatable bonds is 6. The van der Waals surface area contributed by atoms with Crippen molar-refractivity contribution in [2.45, 2.75) is 24.7 Å². The van der Waals surface area contributed by atoms with Gasteiger partial charge in [0.15, 0.2) is 0 Å². The summed E-state index contributed by atoms with van der Waals surface area (Å²) >= 11 is 0. The third kappa shape index (κ3) is 4.69. The highest BCUT2D eigenvalue weighted by Gasteiger charge is 2.20. The Morgan fingerprint density at radius 1 is 1.08 bits per heavy atom. The van der Waals surface area contributed by atoms with Crippen molar-refractivity contribution in [1.29, 1.82) is 0 Å². The minimum atomic E-state index is -3.53. The standard InChI is InChI=1S/C20H26N2O2S/c1-17-8-7-14-22(16-17)15-13-21-25(23,24)20-12-6-5-11-19(20)18-9-3-2-4-10-18/h2-6,9-12,17,21H,7-8,13-16H2,1H3. The molecule has 0 aromatic heterocycles. The Morgan fingerprint density at radius 2 is 1.80 bits per heavy atom. The number of hydrogen-bond donors (Lipinski definition) is 1. The maximum atomic E-state index is 12.8. The number of benzene rings is 2. The summed E-state index contributed by atoms with van der Waals surface area (Å²) in [6, 6.07) is 16.8. The molecule has 1 fully saturated rings. The van der Waals surface area contributed by atoms with Crippen molar-refractivity contribution in [3.63, 3.8) is 0 Å². The van der Waals surface area contributed by atoms with Gasteiger partial charge in [-0.1, -0.05) is 55.5 Å². The second kappa shape index (κ2) is 8.13. The van der Waals surface area contributed by atoms with Gasteiger partial charge in [-0.2, -0.15) is 0 Å². The van der Waals surface area contributed by atoms with E-state index in [4.69, 9.17) is 0 Å². The maximum Gasteiger partial charge on any atom is 0.241 e. The van der Waals surface area contributed by atoms with E-state index in [0.717, 1.165) is 30.8 Å². The average Bonchev–Trinajstić information content (AvgIpc) is 2.62. The van der Waals surface area contributed by atoms with E-state index in [2.05, 4.69) is 16.5 Å². The minimum Gasteiger partial charge on any atom is -0.302 e. The number of sulfonamides is 1. The number of nitrogens with one attached hydrogen (secondary N) is 1. The Hall–Kier alpha value is -1.69. The second-order valence-corrected chi connectivity index (χ2v) is 8.54. The fourth-order valence-corrected chi connectivity index (χ4v) is 4.71. The van der Waals surface area contributed by atoms with Crippen LogP contribution >= 0.6 is 0 Å². The highest BCUT2D eigenvalue weighted by molar-refractivity contribution is 7.89. The van der Waals surface area contributed by atoms with Crippen LogP contribution < -0.4 is 4.72 Å². The van der Waals surface area contributed by atoms with Crippen LogP contribution in [0.15, 0.2) is 59.5 Å². The molecule has 0 amide bonds. The van der Waals surface area contributed by atoms with Gasteiger partial charge in [-0.25, -0.2) is 13.1 Å². The molecular weight excluding hydrogens is 332 g/mol. The van der Waals surface area contributed by atoms with Gasteiger partial charge in [0.05, 0.1) is 4.90 Å². The fraction of sp³-hybridized carbons (Fsp3) is 0.400. The van der Waals surface area contributed by atoms with Gasteiger partial charge in [-0.15, -0.1) is 0 Å². The lowest BCUT2D eigenvalue weighted by atomic mass is 10.0. The lowest BCUT2D eigenvalue weighted by molar-refractivity contribution is 0.187. The van der Waals surface area contributed by atoms with Crippen molar-refractivity contribution in [2.75, 3.05) is 26.2 Å². The van der Waals surface area contributed by atoms with Crippen LogP contribution in [-0.4, -0.2) is 39.5 Å². The van der Waals surface area contributed by atoms with Gasteiger partial charge >= 0.3 is 0 Å². The zero-order chi connectivity index (χ0) is 17.7. The van der Waals surface area contributed by atoms with Crippen LogP contribution in [-0.2, 0) is 10.0 Å². The summed E-state index contributed by atoms with van der Waals surface area (Å²) < 4.78 is 28.4. The smallest absolute Gasteiger partial charge is 0.241 e. The summed E-state index contributed by atoms with van der Waals surface area (Å²) in [5.74, 6) is 0.698. The van der Waals surface area contributed by atoms with Crippen LogP contribution in [0.25, 0.3) is 11.1 Å². The number of hydrogen-bond acceptors (Lipinski definition) is 3. The summed E-state index contributed by atoms with van der Waals surface area (Å²) in [7, 11) is -3.53. The first-order valence-corrected chi connectivity index (χ1v) is 10.4. The van der Waals surface area contributed by atoms with Crippen molar-refractivity contribution in [1.82, 2.24) is 9.62 Å². The predicted molar refractivity (Wildman–Crippen MR) is 102 cm³/mol. The summed E-state index contributed by atoms with van der Waals surface area (Å²) in [5, 5.41) is 0. The fourth-order valence-electron chi connectivity index (χ4n) is 3.46. The van der Waals surface area contributed by atoms with Gasteiger partial charge in [0.2, 0.25) is 10.0 Å². The van der Waals surface area contributed by atoms with Crippen LogP contribution in [0.4, 0.5) is 0 Å². The van der Waals surface area contributed by atoms with Crippen molar-refractivity contribution < 1.29 is 8.42 Å². The van der Waals surface area contributed by atoms with Crippen molar-refractivity contribution in [3.05, 3.63) is 54.6 Å². The van der Waals surface area contributed by atoms with E-state index >= 15 is 0 Å². The first-order valence-electron chi connectivity index (χ1n) is 8.93. The van der Waals surface area contributed by atoms with Gasteiger partial charge in [-0.3, -0.25) is 0 Å². The topological polar surface area (TPSA) is 49.4 Å². The van der Waals surface area contributed by atoms with Crippen molar-refractivity contribution in [2.24, 2.45) is 5.92 Å². The Morgan fingerprint density at radius 3 is 2.56 bits per heavy atom. The van der Waals surface area contributed by atoms with E-state index in [0.29, 0.717) is 17.4 Å². The minimum absolute atomic E-state index is 0.341. The van der Waals surface area contributed by atoms with Gasteiger partial charge in [0.25, 0.3) is 0 Å². The zero-order valence-electron chi connectivity index (χ0n) is 14.7. The normalized spacial score (nSPS) is 19.0. The molecule has 1 saturated heterocycles. The summed E-state index contributed by atoms with van der Waals surface area (Å²) in [6.45, 7) is 5.58. The SMILES string of the molecule is CC1CCCN(CCNS(=O)(=O)c2ccccc2-c2ccccc2)C1. The molecule has 2 aromatic carbocycles. The van der Waals surface area contributed by atoms with Crippen molar-refractivity contribution >= 4 is 10.0 Å². The Labute approximate surface area is 150 Å². The molecule has 1 N–H and O–H groups in total. The van der Waals surface area contributed by atoms with Crippen LogP contribution in [0.3, 0.4) is 0 Å². The van der Waals surface area contributed by atoms with Gasteiger partial charge in [0.1, 0.15) is 0 Å². The van der Waals surface area contributed by atoms with Gasteiger partial charge < -0.3 is 4.90 Å². The molecule has 25 heavy (non-hydrogen) atoms. The molecule has 0 aliphatic carbocycles. The third-order valence-electron chi connectivity index (χ3n) is 4.72. The molecule has 1 unspecified atom stereocenters. The van der Waals surface area contributed by atoms with Crippen molar-refractivity contribution in [3.8, 4) is 11.1 Å². The zero-order valence-corrected chi connectivity index (χ0v) is 15.5. The molecule has 1 atom stereocenters. The first-order chi connectivity index (χ1) is 12.1. The van der Waals surface area contributed by atoms with Crippen LogP contribution in [0.5, 0.6) is 0 Å². The summed E-state index contributed by atoms with van der Waals surface area (Å²) in [6.07, 6.45) is 2.47. The average molecular weight is 359 g/mol. The van der Waals surface area contributed by atoms with E-state index in [-0.39, 0.29) is 0 Å². The number of likely N-dealkylation sites (tertiary alicyclic amines) is 1. The molecule has 134 valence electrons. The molecular formula is C20H26N2O2S. The van der Waals surface area contributed by atoms with E-state index in [1.54, 1.807) is 12.1 Å². The molecule has 0 radical (unpaired) electrons. The first kappa shape index (κ1) is 18.1. The Balaban J connectivity index is 1.70. The molecule has 0 bridgehead atoms. The Bertz CT molecular complexity index is 790. The monoisotopic (exact) mass is 358 g/mol. The molecule has 4 nitrogen and oxygen atoms in total. The lowest BCUT2D eigenvalue weighted by Gasteiger charge is -2.30. The predicted octanol–water partition coefficient (Wildman–Crippen LogP) is 3.36. The van der Waals surface area contributed by atoms with E-state index in [1.807, 2.05) is 42.5 Å². The van der Waals surface area contributed by atoms with Crippen LogP contribution in [0.2, 0.25) is 0 Å². The summed E-state index contributed by atoms with van der Waals surface area (Å²) in [5.41, 5.74) is 1.65. The highest BCUT2D eigenvalue weighted by Crippen LogP contribution is 2.26. The highest BCUT2D eigenvalue weighted by atomic mass is 32.2. The quantitative estimate of drug-likeness (QED) is 0.861. The molecule has 2 aromatic rings. The lowest BCUT2D eigenvalue weighted by Crippen LogP contribution is -2.40. The summed E-state index contributed by atoms with van der Waals surface area (Å²) in [4.78, 5) is 2.69. The molecule has 1 heterocycles. The largest absolute Gasteiger partial charge is 0.302 e. The van der Waals surface area contributed by atoms with Crippen LogP contribution in [0, 0.1) is 5.92 Å². The van der Waals surface area contributed by atoms with Crippen LogP contribution in [0.1, 0.15) is 19.8 Å². The molecule has 0 spiro atoms. The third-order valence-corrected chi connectivity index (χ3v) is 6.24. The van der Waals surface area contributed by atoms with E-state index in [1.165, 1.54) is 12.8 Å². The number of nitrogens with zero attached hydrogens (tertiary/aromatic N) is 1. The van der Waals surface area contributed by atoms with E-state index < -0.39 is 10.0 Å².